The highest BCUT2D eigenvalue weighted by atomic mass is 32.1. The van der Waals surface area contributed by atoms with E-state index in [4.69, 9.17) is 15.0 Å². The zero-order valence-corrected chi connectivity index (χ0v) is 12.9. The highest BCUT2D eigenvalue weighted by Crippen LogP contribution is 2.24. The highest BCUT2D eigenvalue weighted by molar-refractivity contribution is 7.13. The van der Waals surface area contributed by atoms with E-state index in [9.17, 15) is 0 Å². The second kappa shape index (κ2) is 6.65. The molecule has 3 heterocycles. The summed E-state index contributed by atoms with van der Waals surface area (Å²) in [6.07, 6.45) is 2.28. The molecule has 0 aromatic carbocycles. The van der Waals surface area contributed by atoms with Crippen LogP contribution in [-0.2, 0) is 11.3 Å². The Hall–Kier alpha value is -1.28. The fourth-order valence-electron chi connectivity index (χ4n) is 2.73. The van der Waals surface area contributed by atoms with Gasteiger partial charge in [0.1, 0.15) is 0 Å². The van der Waals surface area contributed by atoms with E-state index in [-0.39, 0.29) is 0 Å². The molecule has 6 nitrogen and oxygen atoms in total. The van der Waals surface area contributed by atoms with Gasteiger partial charge in [-0.1, -0.05) is 11.2 Å². The maximum Gasteiger partial charge on any atom is 0.268 e. The molecule has 0 saturated carbocycles. The van der Waals surface area contributed by atoms with Crippen molar-refractivity contribution >= 4 is 11.3 Å². The fraction of sp³-hybridized carbons (Fsp3) is 0.571. The molecule has 114 valence electrons. The van der Waals surface area contributed by atoms with Gasteiger partial charge < -0.3 is 15.0 Å². The van der Waals surface area contributed by atoms with Gasteiger partial charge in [-0.15, -0.1) is 11.3 Å². The molecule has 1 aliphatic rings. The first-order valence-corrected chi connectivity index (χ1v) is 8.01. The average Bonchev–Trinajstić information content (AvgIpc) is 3.18. The maximum atomic E-state index is 5.89. The minimum atomic E-state index is 0.307. The van der Waals surface area contributed by atoms with Crippen LogP contribution in [0.2, 0.25) is 0 Å². The molecule has 21 heavy (non-hydrogen) atoms. The van der Waals surface area contributed by atoms with Crippen molar-refractivity contribution in [3.05, 3.63) is 23.3 Å². The van der Waals surface area contributed by atoms with Crippen molar-refractivity contribution in [1.29, 1.82) is 0 Å². The van der Waals surface area contributed by atoms with Gasteiger partial charge in [0.2, 0.25) is 0 Å². The Morgan fingerprint density at radius 1 is 1.57 bits per heavy atom. The van der Waals surface area contributed by atoms with Crippen LogP contribution in [-0.4, -0.2) is 47.4 Å². The summed E-state index contributed by atoms with van der Waals surface area (Å²) in [4.78, 5) is 7.79. The number of ether oxygens (including phenoxy) is 1. The molecule has 1 saturated heterocycles. The van der Waals surface area contributed by atoms with E-state index in [1.54, 1.807) is 18.4 Å². The molecule has 2 N–H and O–H groups in total. The van der Waals surface area contributed by atoms with Crippen molar-refractivity contribution in [2.75, 3.05) is 20.2 Å². The molecular weight excluding hydrogens is 288 g/mol. The summed E-state index contributed by atoms with van der Waals surface area (Å²) < 4.78 is 10.8. The van der Waals surface area contributed by atoms with Crippen molar-refractivity contribution < 1.29 is 9.26 Å². The van der Waals surface area contributed by atoms with Crippen LogP contribution >= 0.6 is 11.3 Å². The summed E-state index contributed by atoms with van der Waals surface area (Å²) in [7, 11) is 1.76. The predicted molar refractivity (Wildman–Crippen MR) is 80.9 cm³/mol. The van der Waals surface area contributed by atoms with Gasteiger partial charge in [0, 0.05) is 26.2 Å². The first-order chi connectivity index (χ1) is 10.3. The molecule has 0 amide bonds. The molecule has 1 aliphatic heterocycles. The molecule has 0 radical (unpaired) electrons. The molecule has 3 rings (SSSR count). The van der Waals surface area contributed by atoms with Crippen LogP contribution < -0.4 is 5.73 Å². The molecule has 7 heteroatoms. The van der Waals surface area contributed by atoms with Gasteiger partial charge in [0.05, 0.1) is 17.5 Å². The van der Waals surface area contributed by atoms with Gasteiger partial charge in [0.25, 0.3) is 5.89 Å². The Bertz CT molecular complexity index is 557. The average molecular weight is 308 g/mol. The molecule has 2 aromatic heterocycles. The number of thiophene rings is 1. The van der Waals surface area contributed by atoms with Gasteiger partial charge in [-0.2, -0.15) is 4.98 Å². The number of rotatable bonds is 5. The first-order valence-electron chi connectivity index (χ1n) is 7.13. The monoisotopic (exact) mass is 308 g/mol. The fourth-order valence-corrected chi connectivity index (χ4v) is 3.38. The van der Waals surface area contributed by atoms with Crippen molar-refractivity contribution in [3.8, 4) is 10.8 Å². The van der Waals surface area contributed by atoms with E-state index in [2.05, 4.69) is 15.0 Å². The van der Waals surface area contributed by atoms with Gasteiger partial charge in [-0.05, 0) is 24.3 Å². The molecule has 2 unspecified atom stereocenters. The molecule has 0 aliphatic carbocycles. The Balaban J connectivity index is 1.66. The van der Waals surface area contributed by atoms with Crippen LogP contribution in [0.1, 0.15) is 18.7 Å². The van der Waals surface area contributed by atoms with E-state index in [0.717, 1.165) is 24.3 Å². The van der Waals surface area contributed by atoms with Crippen LogP contribution in [0.5, 0.6) is 0 Å². The summed E-state index contributed by atoms with van der Waals surface area (Å²) in [5, 5.41) is 6.08. The van der Waals surface area contributed by atoms with Gasteiger partial charge in [-0.3, -0.25) is 4.90 Å². The lowest BCUT2D eigenvalue weighted by molar-refractivity contribution is 0.00910. The minimum absolute atomic E-state index is 0.307. The lowest BCUT2D eigenvalue weighted by atomic mass is 9.99. The zero-order chi connectivity index (χ0) is 14.7. The Morgan fingerprint density at radius 3 is 3.19 bits per heavy atom. The Labute approximate surface area is 127 Å². The molecule has 2 aromatic rings. The van der Waals surface area contributed by atoms with Crippen molar-refractivity contribution in [3.63, 3.8) is 0 Å². The summed E-state index contributed by atoms with van der Waals surface area (Å²) in [5.41, 5.74) is 5.89. The second-order valence-corrected chi connectivity index (χ2v) is 6.18. The van der Waals surface area contributed by atoms with Gasteiger partial charge in [0.15, 0.2) is 5.82 Å². The van der Waals surface area contributed by atoms with E-state index in [1.807, 2.05) is 17.5 Å². The maximum absolute atomic E-state index is 5.89. The third-order valence-corrected chi connectivity index (χ3v) is 4.80. The van der Waals surface area contributed by atoms with E-state index in [1.165, 1.54) is 0 Å². The number of nitrogens with two attached hydrogens (primary N) is 1. The summed E-state index contributed by atoms with van der Waals surface area (Å²) in [6.45, 7) is 2.24. The minimum Gasteiger partial charge on any atom is -0.381 e. The molecule has 2 atom stereocenters. The van der Waals surface area contributed by atoms with Crippen LogP contribution in [0, 0.1) is 0 Å². The lowest BCUT2D eigenvalue weighted by Crippen LogP contribution is -2.48. The molecule has 0 spiro atoms. The number of hydrogen-bond donors (Lipinski definition) is 1. The quantitative estimate of drug-likeness (QED) is 0.906. The zero-order valence-electron chi connectivity index (χ0n) is 12.1. The van der Waals surface area contributed by atoms with Crippen molar-refractivity contribution in [1.82, 2.24) is 15.0 Å². The van der Waals surface area contributed by atoms with E-state index >= 15 is 0 Å². The van der Waals surface area contributed by atoms with Crippen LogP contribution in [0.3, 0.4) is 0 Å². The van der Waals surface area contributed by atoms with E-state index < -0.39 is 0 Å². The SMILES string of the molecule is COC1CCN(Cc2noc(-c3cccs3)n2)C(CN)C1. The largest absolute Gasteiger partial charge is 0.381 e. The number of hydrogen-bond acceptors (Lipinski definition) is 7. The highest BCUT2D eigenvalue weighted by Gasteiger charge is 2.28. The van der Waals surface area contributed by atoms with Crippen molar-refractivity contribution in [2.24, 2.45) is 5.73 Å². The topological polar surface area (TPSA) is 77.4 Å². The first kappa shape index (κ1) is 14.6. The number of piperidine rings is 1. The number of likely N-dealkylation sites (tertiary alicyclic amines) is 1. The van der Waals surface area contributed by atoms with Gasteiger partial charge >= 0.3 is 0 Å². The van der Waals surface area contributed by atoms with Crippen molar-refractivity contribution in [2.45, 2.75) is 31.5 Å². The third-order valence-electron chi connectivity index (χ3n) is 3.94. The predicted octanol–water partition coefficient (Wildman–Crippen LogP) is 1.74. The molecule has 1 fully saturated rings. The van der Waals surface area contributed by atoms with Crippen LogP contribution in [0.15, 0.2) is 22.0 Å². The molecule has 0 bridgehead atoms. The van der Waals surface area contributed by atoms with E-state index in [0.29, 0.717) is 37.0 Å². The lowest BCUT2D eigenvalue weighted by Gasteiger charge is -2.37. The number of nitrogens with zero attached hydrogens (tertiary/aromatic N) is 3. The van der Waals surface area contributed by atoms with Crippen LogP contribution in [0.4, 0.5) is 0 Å². The standard InChI is InChI=1S/C14H20N4O2S/c1-19-11-4-5-18(10(7-11)8-15)9-13-16-14(20-17-13)12-3-2-6-21-12/h2-3,6,10-11H,4-5,7-9,15H2,1H3. The Kier molecular flexibility index (Phi) is 4.64. The second-order valence-electron chi connectivity index (χ2n) is 5.24. The smallest absolute Gasteiger partial charge is 0.268 e. The van der Waals surface area contributed by atoms with Gasteiger partial charge in [-0.25, -0.2) is 0 Å². The summed E-state index contributed by atoms with van der Waals surface area (Å²) in [5.74, 6) is 1.31. The Morgan fingerprint density at radius 2 is 2.48 bits per heavy atom. The number of aromatic nitrogens is 2. The number of methoxy groups -OCH3 is 1. The molecular formula is C14H20N4O2S. The normalized spacial score (nSPS) is 23.5. The van der Waals surface area contributed by atoms with Crippen LogP contribution in [0.25, 0.3) is 10.8 Å². The third kappa shape index (κ3) is 3.32. The summed E-state index contributed by atoms with van der Waals surface area (Å²) >= 11 is 1.60. The summed E-state index contributed by atoms with van der Waals surface area (Å²) in [6, 6.07) is 4.27.